The van der Waals surface area contributed by atoms with Crippen molar-refractivity contribution in [3.8, 4) is 17.6 Å². The Hall–Kier alpha value is -2.72. The van der Waals surface area contributed by atoms with Crippen molar-refractivity contribution in [1.29, 1.82) is 0 Å². The molecule has 0 saturated heterocycles. The van der Waals surface area contributed by atoms with Crippen molar-refractivity contribution in [3.05, 3.63) is 41.4 Å². The van der Waals surface area contributed by atoms with Crippen molar-refractivity contribution >= 4 is 5.97 Å². The number of hydrogen-bond acceptors (Lipinski definition) is 5. The van der Waals surface area contributed by atoms with Crippen LogP contribution in [-0.4, -0.2) is 17.2 Å². The fraction of sp³-hybridized carbons (Fsp3) is 0.389. The predicted molar refractivity (Wildman–Crippen MR) is 93.7 cm³/mol. The molecular weight excluding hydrogens is 325 g/mol. The number of carboxylic acids is 1. The van der Waals surface area contributed by atoms with Gasteiger partial charge in [0.05, 0.1) is 0 Å². The number of ether oxygens (including phenoxy) is 1. The van der Waals surface area contributed by atoms with Crippen LogP contribution in [0.25, 0.3) is 0 Å². The molecule has 0 atom stereocenters. The van der Waals surface area contributed by atoms with Crippen molar-refractivity contribution in [1.82, 2.24) is 5.43 Å². The second-order valence-corrected chi connectivity index (χ2v) is 5.26. The molecule has 0 aromatic heterocycles. The molecule has 6 N–H and O–H groups in total. The third kappa shape index (κ3) is 6.36. The standard InChI is InChI=1S/C16H18FN3O3.C2H6/c17-12-7-11(8-12)5-1-3-10-4-2-6-13(9-10)23-15(20-19)14(18)16(21)22;1-2/h2,4,6,9,11-12,20H,5,7-8,18-19H2,(H,21,22);1-2H3/b15-14+;. The molecule has 0 bridgehead atoms. The van der Waals surface area contributed by atoms with Crippen LogP contribution in [0.15, 0.2) is 35.8 Å². The lowest BCUT2D eigenvalue weighted by Gasteiger charge is -2.27. The molecule has 1 aromatic rings. The summed E-state index contributed by atoms with van der Waals surface area (Å²) >= 11 is 0. The zero-order chi connectivity index (χ0) is 18.8. The van der Waals surface area contributed by atoms with Gasteiger partial charge in [0.25, 0.3) is 0 Å². The van der Waals surface area contributed by atoms with Gasteiger partial charge in [-0.05, 0) is 37.0 Å². The lowest BCUT2D eigenvalue weighted by atomic mass is 9.81. The Labute approximate surface area is 147 Å². The van der Waals surface area contributed by atoms with Gasteiger partial charge in [0.2, 0.25) is 5.88 Å². The number of hydrazine groups is 1. The first-order valence-electron chi connectivity index (χ1n) is 8.10. The van der Waals surface area contributed by atoms with E-state index in [1.165, 1.54) is 0 Å². The second-order valence-electron chi connectivity index (χ2n) is 5.26. The third-order valence-electron chi connectivity index (χ3n) is 3.46. The average Bonchev–Trinajstić information content (AvgIpc) is 2.59. The monoisotopic (exact) mass is 349 g/mol. The van der Waals surface area contributed by atoms with Crippen LogP contribution in [0.5, 0.6) is 5.75 Å². The van der Waals surface area contributed by atoms with Crippen LogP contribution in [0.1, 0.15) is 38.7 Å². The summed E-state index contributed by atoms with van der Waals surface area (Å²) < 4.78 is 18.0. The van der Waals surface area contributed by atoms with Crippen LogP contribution < -0.4 is 21.7 Å². The van der Waals surface area contributed by atoms with E-state index in [4.69, 9.17) is 21.4 Å². The summed E-state index contributed by atoms with van der Waals surface area (Å²) in [5, 5.41) is 8.82. The summed E-state index contributed by atoms with van der Waals surface area (Å²) in [6.07, 6.45) is 1.16. The van der Waals surface area contributed by atoms with Gasteiger partial charge in [-0.25, -0.2) is 15.0 Å². The number of halogens is 1. The number of hydrogen-bond donors (Lipinski definition) is 4. The Kier molecular flexibility index (Phi) is 8.30. The fourth-order valence-electron chi connectivity index (χ4n) is 2.13. The number of rotatable bonds is 5. The quantitative estimate of drug-likeness (QED) is 0.213. The Bertz CT molecular complexity index is 674. The highest BCUT2D eigenvalue weighted by molar-refractivity contribution is 5.85. The highest BCUT2D eigenvalue weighted by Gasteiger charge is 2.27. The molecule has 7 heteroatoms. The molecule has 0 radical (unpaired) electrons. The van der Waals surface area contributed by atoms with Gasteiger partial charge in [-0.1, -0.05) is 31.8 Å². The Morgan fingerprint density at radius 3 is 2.68 bits per heavy atom. The molecule has 1 aliphatic carbocycles. The van der Waals surface area contributed by atoms with Crippen LogP contribution in [-0.2, 0) is 4.79 Å². The van der Waals surface area contributed by atoms with Gasteiger partial charge >= 0.3 is 5.97 Å². The lowest BCUT2D eigenvalue weighted by molar-refractivity contribution is -0.132. The maximum Gasteiger partial charge on any atom is 0.357 e. The molecule has 25 heavy (non-hydrogen) atoms. The van der Waals surface area contributed by atoms with E-state index < -0.39 is 17.8 Å². The van der Waals surface area contributed by atoms with Crippen LogP contribution in [0.4, 0.5) is 4.39 Å². The largest absolute Gasteiger partial charge is 0.476 e. The first-order chi connectivity index (χ1) is 12.0. The van der Waals surface area contributed by atoms with E-state index in [0.29, 0.717) is 36.5 Å². The van der Waals surface area contributed by atoms with Gasteiger partial charge in [-0.2, -0.15) is 0 Å². The summed E-state index contributed by atoms with van der Waals surface area (Å²) in [7, 11) is 0. The van der Waals surface area contributed by atoms with Gasteiger partial charge in [0.1, 0.15) is 11.9 Å². The topological polar surface area (TPSA) is 111 Å². The smallest absolute Gasteiger partial charge is 0.357 e. The molecule has 0 spiro atoms. The van der Waals surface area contributed by atoms with E-state index in [1.54, 1.807) is 24.3 Å². The van der Waals surface area contributed by atoms with Gasteiger partial charge in [-0.3, -0.25) is 5.43 Å². The Balaban J connectivity index is 0.00000151. The van der Waals surface area contributed by atoms with E-state index in [9.17, 15) is 9.18 Å². The fourth-order valence-corrected chi connectivity index (χ4v) is 2.13. The number of carboxylic acid groups (broad SMARTS) is 1. The van der Waals surface area contributed by atoms with Crippen molar-refractivity contribution < 1.29 is 19.0 Å². The minimum Gasteiger partial charge on any atom is -0.476 e. The number of nitrogens with two attached hydrogens (primary N) is 2. The Morgan fingerprint density at radius 2 is 2.12 bits per heavy atom. The van der Waals surface area contributed by atoms with Crippen molar-refractivity contribution in [2.24, 2.45) is 17.5 Å². The second kappa shape index (κ2) is 10.2. The minimum atomic E-state index is -1.35. The van der Waals surface area contributed by atoms with E-state index >= 15 is 0 Å². The van der Waals surface area contributed by atoms with Gasteiger partial charge in [0.15, 0.2) is 5.70 Å². The summed E-state index contributed by atoms with van der Waals surface area (Å²) in [4.78, 5) is 10.8. The van der Waals surface area contributed by atoms with Gasteiger partial charge in [0, 0.05) is 12.0 Å². The summed E-state index contributed by atoms with van der Waals surface area (Å²) in [6.45, 7) is 4.00. The minimum absolute atomic E-state index is 0.258. The molecule has 1 aromatic carbocycles. The molecule has 0 heterocycles. The molecule has 0 unspecified atom stereocenters. The maximum atomic E-state index is 12.7. The number of carbonyl (C=O) groups is 1. The molecule has 0 amide bonds. The van der Waals surface area contributed by atoms with Gasteiger partial charge in [-0.15, -0.1) is 0 Å². The third-order valence-corrected chi connectivity index (χ3v) is 3.46. The highest BCUT2D eigenvalue weighted by atomic mass is 19.1. The van der Waals surface area contributed by atoms with Crippen molar-refractivity contribution in [2.45, 2.75) is 39.3 Å². The normalized spacial score (nSPS) is 19.0. The Morgan fingerprint density at radius 1 is 1.44 bits per heavy atom. The number of benzene rings is 1. The lowest BCUT2D eigenvalue weighted by Crippen LogP contribution is -2.31. The van der Waals surface area contributed by atoms with E-state index in [1.807, 2.05) is 13.8 Å². The summed E-state index contributed by atoms with van der Waals surface area (Å²) in [5.41, 5.74) is 7.63. The summed E-state index contributed by atoms with van der Waals surface area (Å²) in [5.74, 6) is 10.3. The van der Waals surface area contributed by atoms with Crippen LogP contribution in [0.3, 0.4) is 0 Å². The number of nitrogens with one attached hydrogen (secondary N) is 1. The zero-order valence-corrected chi connectivity index (χ0v) is 14.4. The summed E-state index contributed by atoms with van der Waals surface area (Å²) in [6, 6.07) is 6.76. The van der Waals surface area contributed by atoms with Crippen LogP contribution in [0, 0.1) is 17.8 Å². The van der Waals surface area contributed by atoms with Crippen LogP contribution >= 0.6 is 0 Å². The van der Waals surface area contributed by atoms with Crippen molar-refractivity contribution in [2.75, 3.05) is 0 Å². The SMILES string of the molecule is CC.NN/C(Oc1cccc(C#CCC2CC(F)C2)c1)=C(\N)C(=O)O. The number of aliphatic carboxylic acids is 1. The number of alkyl halides is 1. The highest BCUT2D eigenvalue weighted by Crippen LogP contribution is 2.32. The molecule has 1 aliphatic rings. The molecule has 0 aliphatic heterocycles. The van der Waals surface area contributed by atoms with Crippen LogP contribution in [0.2, 0.25) is 0 Å². The van der Waals surface area contributed by atoms with Gasteiger partial charge < -0.3 is 15.6 Å². The molecule has 1 fully saturated rings. The average molecular weight is 349 g/mol. The van der Waals surface area contributed by atoms with E-state index in [2.05, 4.69) is 17.3 Å². The predicted octanol–water partition coefficient (Wildman–Crippen LogP) is 2.26. The zero-order valence-electron chi connectivity index (χ0n) is 14.4. The molecule has 6 nitrogen and oxygen atoms in total. The maximum absolute atomic E-state index is 12.7. The molecule has 1 saturated carbocycles. The van der Waals surface area contributed by atoms with Crippen molar-refractivity contribution in [3.63, 3.8) is 0 Å². The molecule has 136 valence electrons. The molecule has 2 rings (SSSR count). The first-order valence-corrected chi connectivity index (χ1v) is 8.10. The van der Waals surface area contributed by atoms with E-state index in [-0.39, 0.29) is 5.88 Å². The molecular formula is C18H24FN3O3. The van der Waals surface area contributed by atoms with E-state index in [0.717, 1.165) is 0 Å². The first kappa shape index (κ1) is 20.3.